The summed E-state index contributed by atoms with van der Waals surface area (Å²) in [5.74, 6) is 1.96. The van der Waals surface area contributed by atoms with Gasteiger partial charge in [-0.15, -0.1) is 0 Å². The molecule has 0 radical (unpaired) electrons. The van der Waals surface area contributed by atoms with E-state index in [0.717, 1.165) is 46.8 Å². The molecule has 0 amide bonds. The van der Waals surface area contributed by atoms with Gasteiger partial charge in [0.2, 0.25) is 0 Å². The molecule has 0 atom stereocenters. The van der Waals surface area contributed by atoms with E-state index in [4.69, 9.17) is 35.1 Å². The quantitative estimate of drug-likeness (QED) is 0.393. The van der Waals surface area contributed by atoms with E-state index in [1.54, 1.807) is 0 Å². The van der Waals surface area contributed by atoms with Crippen molar-refractivity contribution in [2.24, 2.45) is 0 Å². The van der Waals surface area contributed by atoms with Crippen molar-refractivity contribution in [3.05, 3.63) is 59.2 Å². The average Bonchev–Trinajstić information content (AvgIpc) is 3.21. The zero-order chi connectivity index (χ0) is 20.3. The number of aromatic amines is 2. The van der Waals surface area contributed by atoms with Crippen LogP contribution in [0.4, 0.5) is 0 Å². The molecule has 0 aliphatic rings. The van der Waals surface area contributed by atoms with Crippen LogP contribution in [0, 0.1) is 13.8 Å². The van der Waals surface area contributed by atoms with Gasteiger partial charge >= 0.3 is 41.5 Å². The Hall–Kier alpha value is -1.26. The van der Waals surface area contributed by atoms with E-state index in [-0.39, 0.29) is 0 Å². The average molecular weight is 478 g/mol. The summed E-state index contributed by atoms with van der Waals surface area (Å²) < 4.78 is 0. The normalized spacial score (nSPS) is 11.4. The van der Waals surface area contributed by atoms with Crippen molar-refractivity contribution in [1.82, 2.24) is 24.8 Å². The van der Waals surface area contributed by atoms with E-state index >= 15 is 0 Å². The summed E-state index contributed by atoms with van der Waals surface area (Å²) in [4.78, 5) is 18.5. The molecule has 2 aromatic heterocycles. The van der Waals surface area contributed by atoms with E-state index in [2.05, 4.69) is 58.9 Å². The second-order valence-corrected chi connectivity index (χ2v) is 13.0. The molecule has 28 heavy (non-hydrogen) atoms. The van der Waals surface area contributed by atoms with Gasteiger partial charge in [-0.05, 0) is 44.2 Å². The third-order valence-electron chi connectivity index (χ3n) is 4.38. The molecule has 4 rings (SSSR count). The molecular weight excluding hydrogens is 457 g/mol. The van der Waals surface area contributed by atoms with Crippen molar-refractivity contribution in [2.45, 2.75) is 26.9 Å². The first-order chi connectivity index (χ1) is 13.3. The van der Waals surface area contributed by atoms with Gasteiger partial charge < -0.3 is 9.97 Å². The maximum absolute atomic E-state index is 4.93. The monoisotopic (exact) mass is 476 g/mol. The Balaban J connectivity index is 0.000000516. The molecule has 2 N–H and O–H groups in total. The van der Waals surface area contributed by atoms with Crippen LogP contribution in [0.2, 0.25) is 0 Å². The van der Waals surface area contributed by atoms with Crippen molar-refractivity contribution in [3.8, 4) is 0 Å². The molecule has 0 saturated heterocycles. The zero-order valence-electron chi connectivity index (χ0n) is 15.8. The number of nitrogens with zero attached hydrogens (tertiary/aromatic N) is 3. The predicted molar refractivity (Wildman–Crippen MR) is 114 cm³/mol. The third-order valence-corrected chi connectivity index (χ3v) is 4.38. The van der Waals surface area contributed by atoms with Crippen molar-refractivity contribution < 1.29 is 11.4 Å². The predicted octanol–water partition coefficient (Wildman–Crippen LogP) is 5.75. The number of halogens is 3. The van der Waals surface area contributed by atoms with Gasteiger partial charge in [0.05, 0.1) is 35.2 Å². The van der Waals surface area contributed by atoms with Crippen LogP contribution in [0.3, 0.4) is 0 Å². The van der Waals surface area contributed by atoms with E-state index in [1.165, 1.54) is 11.1 Å². The standard InChI is InChI=1S/C19H21N5.3ClH.Cr/c1-12-8-9-13(2)19-18(12)22-17(23-19)11-24(3)10-16-20-14-6-4-5-7-15(14)21-16;;;;/h4-9H,10-11H2,1-3H3,(H,20,21)(H,22,23);3*1H;/q;;;;+4/p-3. The van der Waals surface area contributed by atoms with Gasteiger partial charge in [-0.3, -0.25) is 4.90 Å². The molecule has 0 fully saturated rings. The molecule has 0 aliphatic carbocycles. The van der Waals surface area contributed by atoms with Crippen LogP contribution in [0.1, 0.15) is 22.8 Å². The summed E-state index contributed by atoms with van der Waals surface area (Å²) >= 11 is -1.62. The molecule has 2 heterocycles. The summed E-state index contributed by atoms with van der Waals surface area (Å²) in [5.41, 5.74) is 6.74. The zero-order valence-corrected chi connectivity index (χ0v) is 19.3. The fourth-order valence-corrected chi connectivity index (χ4v) is 3.13. The minimum absolute atomic E-state index is 0.754. The number of H-pyrrole nitrogens is 2. The van der Waals surface area contributed by atoms with Crippen LogP contribution < -0.4 is 0 Å². The summed E-state index contributed by atoms with van der Waals surface area (Å²) in [7, 11) is 16.9. The van der Waals surface area contributed by atoms with Crippen LogP contribution in [-0.2, 0) is 24.5 Å². The van der Waals surface area contributed by atoms with Crippen molar-refractivity contribution >= 4 is 52.2 Å². The molecule has 9 heteroatoms. The number of para-hydroxylation sites is 2. The first-order valence-electron chi connectivity index (χ1n) is 8.63. The fraction of sp³-hybridized carbons (Fsp3) is 0.263. The molecule has 148 valence electrons. The van der Waals surface area contributed by atoms with Crippen LogP contribution in [0.5, 0.6) is 0 Å². The number of rotatable bonds is 4. The number of hydrogen-bond donors (Lipinski definition) is 2. The second kappa shape index (κ2) is 9.49. The molecule has 0 bridgehead atoms. The van der Waals surface area contributed by atoms with Crippen LogP contribution in [0.25, 0.3) is 22.1 Å². The Morgan fingerprint density at radius 2 is 1.50 bits per heavy atom. The van der Waals surface area contributed by atoms with E-state index < -0.39 is 11.4 Å². The number of imidazole rings is 2. The minimum atomic E-state index is -1.62. The van der Waals surface area contributed by atoms with Crippen molar-refractivity contribution in [2.75, 3.05) is 7.05 Å². The Labute approximate surface area is 181 Å². The molecule has 4 aromatic rings. The molecular formula is C19H21Cl3CrN5+. The Morgan fingerprint density at radius 3 is 2.14 bits per heavy atom. The van der Waals surface area contributed by atoms with Gasteiger partial charge in [-0.1, -0.05) is 24.3 Å². The Kier molecular flexibility index (Phi) is 7.27. The maximum atomic E-state index is 4.93. The van der Waals surface area contributed by atoms with Gasteiger partial charge in [0.1, 0.15) is 11.6 Å². The number of hydrogen-bond acceptors (Lipinski definition) is 3. The fourth-order valence-electron chi connectivity index (χ4n) is 3.13. The van der Waals surface area contributed by atoms with Gasteiger partial charge in [-0.25, -0.2) is 9.97 Å². The van der Waals surface area contributed by atoms with Crippen LogP contribution in [-0.4, -0.2) is 31.9 Å². The van der Waals surface area contributed by atoms with Gasteiger partial charge in [-0.2, -0.15) is 0 Å². The van der Waals surface area contributed by atoms with Crippen molar-refractivity contribution in [3.63, 3.8) is 0 Å². The van der Waals surface area contributed by atoms with E-state index in [0.29, 0.717) is 0 Å². The molecule has 0 saturated carbocycles. The topological polar surface area (TPSA) is 60.6 Å². The summed E-state index contributed by atoms with van der Waals surface area (Å²) in [5, 5.41) is 0. The first kappa shape index (κ1) is 21.5. The van der Waals surface area contributed by atoms with E-state index in [9.17, 15) is 0 Å². The van der Waals surface area contributed by atoms with Gasteiger partial charge in [0.25, 0.3) is 0 Å². The third kappa shape index (κ3) is 5.42. The molecule has 2 aromatic carbocycles. The molecule has 0 spiro atoms. The molecule has 0 unspecified atom stereocenters. The summed E-state index contributed by atoms with van der Waals surface area (Å²) in [6.07, 6.45) is 0. The SMILES string of the molecule is Cc1ccc(C)c2[nH]c(CN(C)Cc3nc4ccccc4[nH]3)nc12.[Cl][Cr+]([Cl])[Cl]. The number of nitrogens with one attached hydrogen (secondary N) is 2. The number of aryl methyl sites for hydroxylation is 2. The van der Waals surface area contributed by atoms with E-state index in [1.807, 2.05) is 18.2 Å². The number of benzene rings is 2. The molecule has 5 nitrogen and oxygen atoms in total. The number of aromatic nitrogens is 4. The van der Waals surface area contributed by atoms with Crippen LogP contribution in [0.15, 0.2) is 36.4 Å². The number of fused-ring (bicyclic) bond motifs is 2. The Morgan fingerprint density at radius 1 is 0.893 bits per heavy atom. The summed E-state index contributed by atoms with van der Waals surface area (Å²) in [6, 6.07) is 12.4. The second-order valence-electron chi connectivity index (χ2n) is 6.65. The van der Waals surface area contributed by atoms with Gasteiger partial charge in [0, 0.05) is 0 Å². The van der Waals surface area contributed by atoms with Gasteiger partial charge in [0.15, 0.2) is 0 Å². The summed E-state index contributed by atoms with van der Waals surface area (Å²) in [6.45, 7) is 5.72. The first-order valence-corrected chi connectivity index (χ1v) is 13.9. The molecule has 0 aliphatic heterocycles. The van der Waals surface area contributed by atoms with Crippen molar-refractivity contribution in [1.29, 1.82) is 0 Å². The Bertz CT molecular complexity index is 1000. The van der Waals surface area contributed by atoms with Crippen LogP contribution >= 0.6 is 30.1 Å².